The summed E-state index contributed by atoms with van der Waals surface area (Å²) in [5.74, 6) is 0. The third-order valence-corrected chi connectivity index (χ3v) is 5.23. The number of rotatable bonds is 6. The number of nitrogens with two attached hydrogens (primary N) is 1. The highest BCUT2D eigenvalue weighted by molar-refractivity contribution is 6.33. The molecule has 2 aromatic carbocycles. The molecular formula is C24H20ClN5. The van der Waals surface area contributed by atoms with E-state index in [9.17, 15) is 5.26 Å². The number of pyridine rings is 1. The van der Waals surface area contributed by atoms with E-state index in [-0.39, 0.29) is 0 Å². The zero-order chi connectivity index (χ0) is 20.9. The smallest absolute Gasteiger partial charge is 0.0991 e. The van der Waals surface area contributed by atoms with Crippen molar-refractivity contribution < 1.29 is 0 Å². The molecule has 4 aromatic rings. The summed E-state index contributed by atoms with van der Waals surface area (Å²) in [6.07, 6.45) is 6.39. The lowest BCUT2D eigenvalue weighted by Crippen LogP contribution is -2.03. The summed E-state index contributed by atoms with van der Waals surface area (Å²) in [4.78, 5) is 9.12. The fraction of sp³-hybridized carbons (Fsp3) is 0.125. The summed E-state index contributed by atoms with van der Waals surface area (Å²) in [7, 11) is 0. The van der Waals surface area contributed by atoms with E-state index < -0.39 is 0 Å². The molecule has 0 aliphatic rings. The summed E-state index contributed by atoms with van der Waals surface area (Å²) in [6, 6.07) is 19.6. The van der Waals surface area contributed by atoms with Crippen molar-refractivity contribution in [1.29, 1.82) is 5.26 Å². The Balaban J connectivity index is 1.67. The van der Waals surface area contributed by atoms with Gasteiger partial charge in [0.15, 0.2) is 0 Å². The van der Waals surface area contributed by atoms with Gasteiger partial charge in [-0.3, -0.25) is 4.98 Å². The van der Waals surface area contributed by atoms with Crippen LogP contribution in [0.4, 0.5) is 0 Å². The minimum absolute atomic E-state index is 0.564. The molecule has 0 radical (unpaired) electrons. The second-order valence-corrected chi connectivity index (χ2v) is 7.39. The lowest BCUT2D eigenvalue weighted by molar-refractivity contribution is 0.798. The minimum Gasteiger partial charge on any atom is -0.332 e. The van der Waals surface area contributed by atoms with E-state index in [0.29, 0.717) is 23.7 Å². The van der Waals surface area contributed by atoms with Crippen LogP contribution in [0.3, 0.4) is 0 Å². The van der Waals surface area contributed by atoms with Gasteiger partial charge < -0.3 is 10.3 Å². The van der Waals surface area contributed by atoms with Gasteiger partial charge in [0.2, 0.25) is 0 Å². The number of nitriles is 1. The van der Waals surface area contributed by atoms with E-state index in [4.69, 9.17) is 17.3 Å². The first-order chi connectivity index (χ1) is 14.7. The third-order valence-electron chi connectivity index (χ3n) is 4.90. The van der Waals surface area contributed by atoms with E-state index in [0.717, 1.165) is 40.1 Å². The number of nitrogens with zero attached hydrogens (tertiary/aromatic N) is 4. The van der Waals surface area contributed by atoms with Crippen molar-refractivity contribution in [3.63, 3.8) is 0 Å². The van der Waals surface area contributed by atoms with Crippen molar-refractivity contribution in [3.05, 3.63) is 95.0 Å². The highest BCUT2D eigenvalue weighted by Crippen LogP contribution is 2.28. The third kappa shape index (κ3) is 4.25. The zero-order valence-corrected chi connectivity index (χ0v) is 17.0. The quantitative estimate of drug-likeness (QED) is 0.497. The molecule has 0 saturated carbocycles. The molecule has 5 nitrogen and oxygen atoms in total. The van der Waals surface area contributed by atoms with Crippen LogP contribution in [0.15, 0.2) is 73.3 Å². The summed E-state index contributed by atoms with van der Waals surface area (Å²) < 4.78 is 1.99. The molecule has 2 heterocycles. The molecule has 0 fully saturated rings. The Hall–Kier alpha value is -3.46. The number of hydrogen-bond donors (Lipinski definition) is 1. The highest BCUT2D eigenvalue weighted by atomic mass is 35.5. The SMILES string of the molecule is N#Cc1ccc(-c2ccc(CCN)cn2)c(Cn2cnc(-c3ccccc3Cl)c2)c1. The molecular weight excluding hydrogens is 394 g/mol. The molecule has 30 heavy (non-hydrogen) atoms. The van der Waals surface area contributed by atoms with Crippen molar-refractivity contribution in [2.75, 3.05) is 6.54 Å². The van der Waals surface area contributed by atoms with E-state index in [1.54, 1.807) is 6.33 Å². The van der Waals surface area contributed by atoms with Gasteiger partial charge in [-0.1, -0.05) is 41.9 Å². The monoisotopic (exact) mass is 413 g/mol. The van der Waals surface area contributed by atoms with E-state index in [1.165, 1.54) is 0 Å². The molecule has 148 valence electrons. The lowest BCUT2D eigenvalue weighted by atomic mass is 10.0. The van der Waals surface area contributed by atoms with Gasteiger partial charge in [0.05, 0.1) is 34.4 Å². The van der Waals surface area contributed by atoms with Crippen molar-refractivity contribution in [2.24, 2.45) is 5.73 Å². The van der Waals surface area contributed by atoms with Crippen LogP contribution in [-0.2, 0) is 13.0 Å². The number of hydrogen-bond acceptors (Lipinski definition) is 4. The maximum atomic E-state index is 9.36. The van der Waals surface area contributed by atoms with Crippen LogP contribution in [-0.4, -0.2) is 21.1 Å². The van der Waals surface area contributed by atoms with Gasteiger partial charge in [0, 0.05) is 30.1 Å². The number of halogens is 1. The Morgan fingerprint density at radius 2 is 1.87 bits per heavy atom. The maximum Gasteiger partial charge on any atom is 0.0991 e. The van der Waals surface area contributed by atoms with Gasteiger partial charge >= 0.3 is 0 Å². The average molecular weight is 414 g/mol. The molecule has 4 rings (SSSR count). The van der Waals surface area contributed by atoms with Crippen LogP contribution < -0.4 is 5.73 Å². The molecule has 0 amide bonds. The Bertz CT molecular complexity index is 1210. The normalized spacial score (nSPS) is 10.7. The number of aromatic nitrogens is 3. The van der Waals surface area contributed by atoms with E-state index in [2.05, 4.69) is 16.0 Å². The van der Waals surface area contributed by atoms with Crippen molar-refractivity contribution >= 4 is 11.6 Å². The molecule has 6 heteroatoms. The van der Waals surface area contributed by atoms with Crippen LogP contribution in [0.1, 0.15) is 16.7 Å². The highest BCUT2D eigenvalue weighted by Gasteiger charge is 2.11. The van der Waals surface area contributed by atoms with Crippen molar-refractivity contribution in [2.45, 2.75) is 13.0 Å². The largest absolute Gasteiger partial charge is 0.332 e. The van der Waals surface area contributed by atoms with Gasteiger partial charge in [-0.2, -0.15) is 5.26 Å². The fourth-order valence-corrected chi connectivity index (χ4v) is 3.63. The van der Waals surface area contributed by atoms with Gasteiger partial charge in [0.25, 0.3) is 0 Å². The fourth-order valence-electron chi connectivity index (χ4n) is 3.39. The second-order valence-electron chi connectivity index (χ2n) is 6.99. The van der Waals surface area contributed by atoms with Gasteiger partial charge in [-0.15, -0.1) is 0 Å². The van der Waals surface area contributed by atoms with Crippen LogP contribution >= 0.6 is 11.6 Å². The topological polar surface area (TPSA) is 80.5 Å². The number of imidazole rings is 1. The molecule has 0 unspecified atom stereocenters. The van der Waals surface area contributed by atoms with Crippen LogP contribution in [0.2, 0.25) is 5.02 Å². The molecule has 2 aromatic heterocycles. The van der Waals surface area contributed by atoms with Crippen molar-refractivity contribution in [3.8, 4) is 28.6 Å². The Labute approximate surface area is 180 Å². The Morgan fingerprint density at radius 3 is 2.60 bits per heavy atom. The Morgan fingerprint density at radius 1 is 1.00 bits per heavy atom. The van der Waals surface area contributed by atoms with Crippen LogP contribution in [0.25, 0.3) is 22.5 Å². The van der Waals surface area contributed by atoms with E-state index >= 15 is 0 Å². The van der Waals surface area contributed by atoms with Crippen molar-refractivity contribution in [1.82, 2.24) is 14.5 Å². The van der Waals surface area contributed by atoms with Gasteiger partial charge in [0.1, 0.15) is 0 Å². The standard InChI is InChI=1S/C24H20ClN5/c25-22-4-2-1-3-21(22)24-15-30(16-29-24)14-19-11-18(12-27)5-7-20(19)23-8-6-17(9-10-26)13-28-23/h1-8,11,13,15-16H,9-10,14,26H2. The molecule has 0 bridgehead atoms. The maximum absolute atomic E-state index is 9.36. The Kier molecular flexibility index (Phi) is 5.89. The van der Waals surface area contributed by atoms with Gasteiger partial charge in [-0.05, 0) is 48.4 Å². The zero-order valence-electron chi connectivity index (χ0n) is 16.3. The lowest BCUT2D eigenvalue weighted by Gasteiger charge is -2.11. The van der Waals surface area contributed by atoms with Crippen LogP contribution in [0, 0.1) is 11.3 Å². The first-order valence-electron chi connectivity index (χ1n) is 9.63. The molecule has 0 spiro atoms. The van der Waals surface area contributed by atoms with Gasteiger partial charge in [-0.25, -0.2) is 4.98 Å². The predicted octanol–water partition coefficient (Wildman–Crippen LogP) is 4.69. The molecule has 0 saturated heterocycles. The predicted molar refractivity (Wildman–Crippen MR) is 119 cm³/mol. The minimum atomic E-state index is 0.564. The summed E-state index contributed by atoms with van der Waals surface area (Å²) in [6.45, 7) is 1.16. The molecule has 0 atom stereocenters. The second kappa shape index (κ2) is 8.91. The number of benzene rings is 2. The van der Waals surface area contributed by atoms with E-state index in [1.807, 2.05) is 71.6 Å². The average Bonchev–Trinajstić information content (AvgIpc) is 3.23. The summed E-state index contributed by atoms with van der Waals surface area (Å²) in [5, 5.41) is 10.0. The van der Waals surface area contributed by atoms with Crippen LogP contribution in [0.5, 0.6) is 0 Å². The summed E-state index contributed by atoms with van der Waals surface area (Å²) in [5.41, 5.74) is 11.9. The molecule has 2 N–H and O–H groups in total. The first-order valence-corrected chi connectivity index (χ1v) is 10.0. The summed E-state index contributed by atoms with van der Waals surface area (Å²) >= 11 is 6.31. The molecule has 0 aliphatic carbocycles. The molecule has 0 aliphatic heterocycles. The first kappa shape index (κ1) is 19.8.